The van der Waals surface area contributed by atoms with Gasteiger partial charge in [-0.1, -0.05) is 0 Å². The Bertz CT molecular complexity index is 580. The summed E-state index contributed by atoms with van der Waals surface area (Å²) in [5.74, 6) is -1.29. The van der Waals surface area contributed by atoms with Gasteiger partial charge in [-0.3, -0.25) is 4.79 Å². The summed E-state index contributed by atoms with van der Waals surface area (Å²) in [4.78, 5) is 24.8. The fraction of sp³-hybridized carbons (Fsp3) is 0.500. The highest BCUT2D eigenvalue weighted by Crippen LogP contribution is 2.24. The first-order valence-corrected chi connectivity index (χ1v) is 7.45. The molecule has 5 nitrogen and oxygen atoms in total. The Kier molecular flexibility index (Phi) is 5.82. The highest BCUT2D eigenvalue weighted by Gasteiger charge is 2.37. The zero-order valence-electron chi connectivity index (χ0n) is 13.1. The van der Waals surface area contributed by atoms with Gasteiger partial charge in [0.1, 0.15) is 6.54 Å². The number of carbonyl (C=O) groups is 2. The van der Waals surface area contributed by atoms with Crippen molar-refractivity contribution >= 4 is 11.9 Å². The van der Waals surface area contributed by atoms with E-state index in [0.29, 0.717) is 26.1 Å². The zero-order valence-corrected chi connectivity index (χ0v) is 13.1. The van der Waals surface area contributed by atoms with Crippen molar-refractivity contribution in [1.82, 2.24) is 4.90 Å². The van der Waals surface area contributed by atoms with Crippen molar-refractivity contribution in [2.75, 3.05) is 26.9 Å². The van der Waals surface area contributed by atoms with E-state index >= 15 is 0 Å². The molecule has 1 fully saturated rings. The summed E-state index contributed by atoms with van der Waals surface area (Å²) in [5.41, 5.74) is 0.320. The molecule has 1 saturated heterocycles. The van der Waals surface area contributed by atoms with Gasteiger partial charge in [-0.2, -0.15) is 13.2 Å². The van der Waals surface area contributed by atoms with Crippen molar-refractivity contribution in [2.24, 2.45) is 0 Å². The first-order chi connectivity index (χ1) is 11.3. The van der Waals surface area contributed by atoms with Crippen LogP contribution in [0.5, 0.6) is 0 Å². The van der Waals surface area contributed by atoms with Crippen LogP contribution in [0.2, 0.25) is 0 Å². The fourth-order valence-corrected chi connectivity index (χ4v) is 2.59. The lowest BCUT2D eigenvalue weighted by Gasteiger charge is -2.34. The van der Waals surface area contributed by atoms with Crippen molar-refractivity contribution in [3.8, 4) is 0 Å². The molecular weight excluding hydrogens is 327 g/mol. The molecule has 0 radical (unpaired) electrons. The molecule has 1 aliphatic rings. The molecule has 8 heteroatoms. The lowest BCUT2D eigenvalue weighted by Crippen LogP contribution is -2.47. The highest BCUT2D eigenvalue weighted by atomic mass is 19.4. The SMILES string of the molecule is COC(=O)c1ccc(C(=O)N(CC(F)(F)F)C2CCOCC2)cc1. The number of rotatable bonds is 4. The summed E-state index contributed by atoms with van der Waals surface area (Å²) in [6.45, 7) is -0.656. The number of carbonyl (C=O) groups excluding carboxylic acids is 2. The lowest BCUT2D eigenvalue weighted by molar-refractivity contribution is -0.147. The van der Waals surface area contributed by atoms with Crippen molar-refractivity contribution in [1.29, 1.82) is 0 Å². The molecule has 1 heterocycles. The van der Waals surface area contributed by atoms with Crippen LogP contribution in [0.15, 0.2) is 24.3 Å². The van der Waals surface area contributed by atoms with Crippen LogP contribution in [0.3, 0.4) is 0 Å². The average molecular weight is 345 g/mol. The maximum atomic E-state index is 12.9. The smallest absolute Gasteiger partial charge is 0.406 e. The van der Waals surface area contributed by atoms with Crippen LogP contribution in [0.25, 0.3) is 0 Å². The van der Waals surface area contributed by atoms with Crippen LogP contribution >= 0.6 is 0 Å². The molecule has 2 rings (SSSR count). The third kappa shape index (κ3) is 4.70. The second-order valence-corrected chi connectivity index (χ2v) is 5.46. The summed E-state index contributed by atoms with van der Waals surface area (Å²) in [5, 5.41) is 0. The molecule has 0 spiro atoms. The number of alkyl halides is 3. The molecule has 0 aliphatic carbocycles. The number of methoxy groups -OCH3 is 1. The molecule has 1 amide bonds. The molecule has 0 unspecified atom stereocenters. The lowest BCUT2D eigenvalue weighted by atomic mass is 10.0. The van der Waals surface area contributed by atoms with E-state index in [4.69, 9.17) is 4.74 Å². The maximum absolute atomic E-state index is 12.9. The number of halogens is 3. The Morgan fingerprint density at radius 3 is 2.21 bits per heavy atom. The predicted molar refractivity (Wildman–Crippen MR) is 78.7 cm³/mol. The first kappa shape index (κ1) is 18.3. The molecule has 0 saturated carbocycles. The second kappa shape index (κ2) is 7.65. The van der Waals surface area contributed by atoms with E-state index in [0.717, 1.165) is 4.90 Å². The van der Waals surface area contributed by atoms with E-state index < -0.39 is 30.6 Å². The van der Waals surface area contributed by atoms with Crippen LogP contribution in [0.1, 0.15) is 33.6 Å². The number of ether oxygens (including phenoxy) is 2. The van der Waals surface area contributed by atoms with Crippen molar-refractivity contribution in [2.45, 2.75) is 25.1 Å². The number of nitrogens with zero attached hydrogens (tertiary/aromatic N) is 1. The van der Waals surface area contributed by atoms with Gasteiger partial charge in [0.15, 0.2) is 0 Å². The minimum Gasteiger partial charge on any atom is -0.465 e. The molecule has 0 atom stereocenters. The molecule has 24 heavy (non-hydrogen) atoms. The normalized spacial score (nSPS) is 15.8. The molecule has 1 aromatic rings. The number of benzene rings is 1. The van der Waals surface area contributed by atoms with Gasteiger partial charge in [-0.25, -0.2) is 4.79 Å². The van der Waals surface area contributed by atoms with Crippen LogP contribution in [-0.4, -0.2) is 55.9 Å². The van der Waals surface area contributed by atoms with Gasteiger partial charge in [-0.15, -0.1) is 0 Å². The van der Waals surface area contributed by atoms with Gasteiger partial charge < -0.3 is 14.4 Å². The number of esters is 1. The van der Waals surface area contributed by atoms with Crippen molar-refractivity contribution in [3.63, 3.8) is 0 Å². The summed E-state index contributed by atoms with van der Waals surface area (Å²) < 4.78 is 48.3. The Labute approximate surface area is 137 Å². The summed E-state index contributed by atoms with van der Waals surface area (Å²) in [6, 6.07) is 4.85. The first-order valence-electron chi connectivity index (χ1n) is 7.45. The predicted octanol–water partition coefficient (Wildman–Crippen LogP) is 2.66. The van der Waals surface area contributed by atoms with Crippen LogP contribution in [-0.2, 0) is 9.47 Å². The van der Waals surface area contributed by atoms with Crippen molar-refractivity contribution in [3.05, 3.63) is 35.4 Å². The van der Waals surface area contributed by atoms with Gasteiger partial charge >= 0.3 is 12.1 Å². The van der Waals surface area contributed by atoms with E-state index in [1.165, 1.54) is 31.4 Å². The average Bonchev–Trinajstić information content (AvgIpc) is 2.58. The van der Waals surface area contributed by atoms with E-state index in [-0.39, 0.29) is 11.1 Å². The van der Waals surface area contributed by atoms with Crippen LogP contribution in [0, 0.1) is 0 Å². The molecule has 0 bridgehead atoms. The molecule has 1 aliphatic heterocycles. The third-order valence-corrected chi connectivity index (χ3v) is 3.80. The van der Waals surface area contributed by atoms with E-state index in [2.05, 4.69) is 4.74 Å². The monoisotopic (exact) mass is 345 g/mol. The Balaban J connectivity index is 2.21. The molecule has 132 valence electrons. The number of hydrogen-bond acceptors (Lipinski definition) is 4. The fourth-order valence-electron chi connectivity index (χ4n) is 2.59. The quantitative estimate of drug-likeness (QED) is 0.788. The van der Waals surface area contributed by atoms with Gasteiger partial charge in [0, 0.05) is 24.8 Å². The van der Waals surface area contributed by atoms with Gasteiger partial charge in [0.25, 0.3) is 5.91 Å². The number of amides is 1. The summed E-state index contributed by atoms with van der Waals surface area (Å²) >= 11 is 0. The zero-order chi connectivity index (χ0) is 17.7. The minimum absolute atomic E-state index is 0.0957. The number of hydrogen-bond donors (Lipinski definition) is 0. The Hall–Kier alpha value is -2.09. The Morgan fingerprint density at radius 1 is 1.17 bits per heavy atom. The largest absolute Gasteiger partial charge is 0.465 e. The highest BCUT2D eigenvalue weighted by molar-refractivity contribution is 5.96. The summed E-state index contributed by atoms with van der Waals surface area (Å²) in [7, 11) is 1.22. The third-order valence-electron chi connectivity index (χ3n) is 3.80. The van der Waals surface area contributed by atoms with Crippen molar-refractivity contribution < 1.29 is 32.2 Å². The Morgan fingerprint density at radius 2 is 1.71 bits per heavy atom. The van der Waals surface area contributed by atoms with Gasteiger partial charge in [-0.05, 0) is 37.1 Å². The van der Waals surface area contributed by atoms with Crippen LogP contribution in [0.4, 0.5) is 13.2 Å². The minimum atomic E-state index is -4.49. The second-order valence-electron chi connectivity index (χ2n) is 5.46. The summed E-state index contributed by atoms with van der Waals surface area (Å²) in [6.07, 6.45) is -3.76. The van der Waals surface area contributed by atoms with E-state index in [1.54, 1.807) is 0 Å². The molecule has 0 aromatic heterocycles. The molecule has 0 N–H and O–H groups in total. The van der Waals surface area contributed by atoms with Gasteiger partial charge in [0.05, 0.1) is 12.7 Å². The standard InChI is InChI=1S/C16H18F3NO4/c1-23-15(22)12-4-2-11(3-5-12)14(21)20(10-16(17,18)19)13-6-8-24-9-7-13/h2-5,13H,6-10H2,1H3. The molecular formula is C16H18F3NO4. The van der Waals surface area contributed by atoms with Gasteiger partial charge in [0.2, 0.25) is 0 Å². The van der Waals surface area contributed by atoms with Crippen LogP contribution < -0.4 is 0 Å². The topological polar surface area (TPSA) is 55.8 Å². The molecule has 1 aromatic carbocycles. The maximum Gasteiger partial charge on any atom is 0.406 e. The van der Waals surface area contributed by atoms with E-state index in [9.17, 15) is 22.8 Å². The van der Waals surface area contributed by atoms with E-state index in [1.807, 2.05) is 0 Å².